The molecule has 1 aliphatic heterocycles. The average Bonchev–Trinajstić information content (AvgIpc) is 2.47. The van der Waals surface area contributed by atoms with E-state index in [-0.39, 0.29) is 31.2 Å². The molecule has 0 spiro atoms. The van der Waals surface area contributed by atoms with Crippen LogP contribution in [0.3, 0.4) is 0 Å². The number of nitrogens with one attached hydrogen (secondary N) is 1. The van der Waals surface area contributed by atoms with Crippen molar-refractivity contribution in [3.05, 3.63) is 0 Å². The van der Waals surface area contributed by atoms with E-state index in [0.29, 0.717) is 19.7 Å². The standard InChI is InChI=1S/C14H26N2O5/c1-3-11(10-20-2)15-14(19)16-7-4-12(5-8-16)21-9-6-13(17)18/h11-12H,3-10H2,1-2H3,(H,15,19)(H,17,18). The number of hydrogen-bond donors (Lipinski definition) is 2. The largest absolute Gasteiger partial charge is 0.481 e. The molecule has 0 bridgehead atoms. The van der Waals surface area contributed by atoms with Crippen molar-refractivity contribution in [2.75, 3.05) is 33.4 Å². The van der Waals surface area contributed by atoms with Gasteiger partial charge in [-0.05, 0) is 19.3 Å². The second-order valence-electron chi connectivity index (χ2n) is 5.21. The number of nitrogens with zero attached hydrogens (tertiary/aromatic N) is 1. The molecule has 7 heteroatoms. The summed E-state index contributed by atoms with van der Waals surface area (Å²) in [5, 5.41) is 11.5. The van der Waals surface area contributed by atoms with E-state index in [1.54, 1.807) is 12.0 Å². The van der Waals surface area contributed by atoms with E-state index in [4.69, 9.17) is 14.6 Å². The first-order valence-corrected chi connectivity index (χ1v) is 7.44. The maximum absolute atomic E-state index is 12.1. The van der Waals surface area contributed by atoms with Crippen molar-refractivity contribution in [1.29, 1.82) is 0 Å². The van der Waals surface area contributed by atoms with Gasteiger partial charge in [0.25, 0.3) is 0 Å². The fourth-order valence-corrected chi connectivity index (χ4v) is 2.27. The molecule has 0 aliphatic carbocycles. The lowest BCUT2D eigenvalue weighted by molar-refractivity contribution is -0.138. The minimum Gasteiger partial charge on any atom is -0.481 e. The number of carboxylic acid groups (broad SMARTS) is 1. The highest BCUT2D eigenvalue weighted by atomic mass is 16.5. The third kappa shape index (κ3) is 6.77. The van der Waals surface area contributed by atoms with E-state index < -0.39 is 5.97 Å². The van der Waals surface area contributed by atoms with Crippen LogP contribution in [0, 0.1) is 0 Å². The number of carbonyl (C=O) groups excluding carboxylic acids is 1. The predicted molar refractivity (Wildman–Crippen MR) is 77.3 cm³/mol. The zero-order valence-electron chi connectivity index (χ0n) is 12.8. The molecule has 0 saturated carbocycles. The van der Waals surface area contributed by atoms with Crippen LogP contribution in [0.4, 0.5) is 4.79 Å². The maximum atomic E-state index is 12.1. The second kappa shape index (κ2) is 9.57. The normalized spacial score (nSPS) is 17.5. The minimum atomic E-state index is -0.851. The van der Waals surface area contributed by atoms with Crippen LogP contribution < -0.4 is 5.32 Å². The summed E-state index contributed by atoms with van der Waals surface area (Å²) in [7, 11) is 1.62. The summed E-state index contributed by atoms with van der Waals surface area (Å²) in [5.74, 6) is -0.851. The van der Waals surface area contributed by atoms with Gasteiger partial charge in [0.15, 0.2) is 0 Å². The molecule has 1 fully saturated rings. The van der Waals surface area contributed by atoms with E-state index in [9.17, 15) is 9.59 Å². The Morgan fingerprint density at radius 2 is 2.05 bits per heavy atom. The van der Waals surface area contributed by atoms with Gasteiger partial charge in [-0.15, -0.1) is 0 Å². The molecule has 0 aromatic heterocycles. The zero-order chi connectivity index (χ0) is 15.7. The molecule has 1 rings (SSSR count). The number of hydrogen-bond acceptors (Lipinski definition) is 4. The molecule has 1 atom stereocenters. The van der Waals surface area contributed by atoms with Crippen LogP contribution >= 0.6 is 0 Å². The lowest BCUT2D eigenvalue weighted by atomic mass is 10.1. The van der Waals surface area contributed by atoms with E-state index in [1.807, 2.05) is 6.92 Å². The predicted octanol–water partition coefficient (Wildman–Crippen LogP) is 1.08. The molecular weight excluding hydrogens is 276 g/mol. The molecule has 7 nitrogen and oxygen atoms in total. The van der Waals surface area contributed by atoms with Crippen LogP contribution in [-0.2, 0) is 14.3 Å². The maximum Gasteiger partial charge on any atom is 0.317 e. The smallest absolute Gasteiger partial charge is 0.317 e. The summed E-state index contributed by atoms with van der Waals surface area (Å²) in [6.45, 7) is 4.02. The van der Waals surface area contributed by atoms with Gasteiger partial charge >= 0.3 is 12.0 Å². The van der Waals surface area contributed by atoms with E-state index >= 15 is 0 Å². The number of methoxy groups -OCH3 is 1. The van der Waals surface area contributed by atoms with Crippen molar-refractivity contribution in [3.63, 3.8) is 0 Å². The molecular formula is C14H26N2O5. The van der Waals surface area contributed by atoms with E-state index in [0.717, 1.165) is 19.3 Å². The summed E-state index contributed by atoms with van der Waals surface area (Å²) >= 11 is 0. The van der Waals surface area contributed by atoms with Crippen molar-refractivity contribution in [3.8, 4) is 0 Å². The number of carbonyl (C=O) groups is 2. The van der Waals surface area contributed by atoms with Crippen LogP contribution in [0.5, 0.6) is 0 Å². The Balaban J connectivity index is 2.25. The lowest BCUT2D eigenvalue weighted by Gasteiger charge is -2.33. The van der Waals surface area contributed by atoms with Gasteiger partial charge in [0.1, 0.15) is 0 Å². The first kappa shape index (κ1) is 17.7. The third-order valence-electron chi connectivity index (χ3n) is 3.59. The van der Waals surface area contributed by atoms with Crippen molar-refractivity contribution in [2.24, 2.45) is 0 Å². The van der Waals surface area contributed by atoms with Gasteiger partial charge in [0.2, 0.25) is 0 Å². The number of ether oxygens (including phenoxy) is 2. The summed E-state index contributed by atoms with van der Waals surface area (Å²) in [6.07, 6.45) is 2.39. The molecule has 1 heterocycles. The van der Waals surface area contributed by atoms with Crippen molar-refractivity contribution < 1.29 is 24.2 Å². The molecule has 0 aromatic carbocycles. The Bertz CT molecular complexity index is 329. The molecule has 0 radical (unpaired) electrons. The number of rotatable bonds is 8. The van der Waals surface area contributed by atoms with Crippen LogP contribution in [0.2, 0.25) is 0 Å². The number of piperidine rings is 1. The fourth-order valence-electron chi connectivity index (χ4n) is 2.27. The summed E-state index contributed by atoms with van der Waals surface area (Å²) in [6, 6.07) is -0.0325. The van der Waals surface area contributed by atoms with Gasteiger partial charge in [-0.25, -0.2) is 4.79 Å². The summed E-state index contributed by atoms with van der Waals surface area (Å²) in [5.41, 5.74) is 0. The molecule has 1 aliphatic rings. The topological polar surface area (TPSA) is 88.1 Å². The first-order valence-electron chi connectivity index (χ1n) is 7.44. The Morgan fingerprint density at radius 3 is 2.57 bits per heavy atom. The Morgan fingerprint density at radius 1 is 1.38 bits per heavy atom. The van der Waals surface area contributed by atoms with Gasteiger partial charge in [-0.2, -0.15) is 0 Å². The Labute approximate surface area is 125 Å². The fraction of sp³-hybridized carbons (Fsp3) is 0.857. The summed E-state index contributed by atoms with van der Waals surface area (Å²) in [4.78, 5) is 24.3. The zero-order valence-corrected chi connectivity index (χ0v) is 12.8. The molecule has 21 heavy (non-hydrogen) atoms. The number of aliphatic carboxylic acids is 1. The highest BCUT2D eigenvalue weighted by molar-refractivity contribution is 5.74. The van der Waals surface area contributed by atoms with Crippen molar-refractivity contribution in [1.82, 2.24) is 10.2 Å². The van der Waals surface area contributed by atoms with Crippen molar-refractivity contribution in [2.45, 2.75) is 44.8 Å². The molecule has 122 valence electrons. The SMILES string of the molecule is CCC(COC)NC(=O)N1CCC(OCCC(=O)O)CC1. The molecule has 1 unspecified atom stereocenters. The summed E-state index contributed by atoms with van der Waals surface area (Å²) < 4.78 is 10.6. The molecule has 1 saturated heterocycles. The number of amides is 2. The Kier molecular flexibility index (Phi) is 8.07. The van der Waals surface area contributed by atoms with E-state index in [2.05, 4.69) is 5.32 Å². The van der Waals surface area contributed by atoms with Gasteiger partial charge in [0, 0.05) is 20.2 Å². The Hall–Kier alpha value is -1.34. The first-order chi connectivity index (χ1) is 10.1. The number of likely N-dealkylation sites (tertiary alicyclic amines) is 1. The van der Waals surface area contributed by atoms with Crippen molar-refractivity contribution >= 4 is 12.0 Å². The molecule has 0 aromatic rings. The van der Waals surface area contributed by atoms with Crippen LogP contribution in [-0.4, -0.2) is 67.6 Å². The molecule has 2 N–H and O–H groups in total. The van der Waals surface area contributed by atoms with Gasteiger partial charge in [0.05, 0.1) is 31.8 Å². The van der Waals surface area contributed by atoms with E-state index in [1.165, 1.54) is 0 Å². The monoisotopic (exact) mass is 302 g/mol. The average molecular weight is 302 g/mol. The second-order valence-corrected chi connectivity index (χ2v) is 5.21. The van der Waals surface area contributed by atoms with Gasteiger partial charge in [-0.3, -0.25) is 4.79 Å². The quantitative estimate of drug-likeness (QED) is 0.700. The van der Waals surface area contributed by atoms with Gasteiger partial charge < -0.3 is 24.8 Å². The lowest BCUT2D eigenvalue weighted by Crippen LogP contribution is -2.49. The third-order valence-corrected chi connectivity index (χ3v) is 3.59. The number of urea groups is 1. The van der Waals surface area contributed by atoms with Crippen LogP contribution in [0.25, 0.3) is 0 Å². The minimum absolute atomic E-state index is 0.0237. The molecule has 2 amide bonds. The number of carboxylic acids is 1. The van der Waals surface area contributed by atoms with Crippen LogP contribution in [0.15, 0.2) is 0 Å². The van der Waals surface area contributed by atoms with Gasteiger partial charge in [-0.1, -0.05) is 6.92 Å². The highest BCUT2D eigenvalue weighted by Crippen LogP contribution is 2.14. The highest BCUT2D eigenvalue weighted by Gasteiger charge is 2.24. The van der Waals surface area contributed by atoms with Crippen LogP contribution in [0.1, 0.15) is 32.6 Å².